The van der Waals surface area contributed by atoms with Crippen LogP contribution in [0.4, 0.5) is 11.8 Å². The van der Waals surface area contributed by atoms with E-state index in [0.717, 1.165) is 30.2 Å². The molecule has 1 fully saturated rings. The van der Waals surface area contributed by atoms with E-state index in [0.29, 0.717) is 18.4 Å². The summed E-state index contributed by atoms with van der Waals surface area (Å²) in [7, 11) is 0. The first kappa shape index (κ1) is 14.7. The number of aromatic nitrogens is 3. The molecule has 6 nitrogen and oxygen atoms in total. The minimum absolute atomic E-state index is 0.0689. The Morgan fingerprint density at radius 2 is 2.05 bits per heavy atom. The normalized spacial score (nSPS) is 13.9. The summed E-state index contributed by atoms with van der Waals surface area (Å²) >= 11 is 0. The fraction of sp³-hybridized carbons (Fsp3) is 0.438. The molecule has 1 saturated carbocycles. The molecule has 116 valence electrons. The Labute approximate surface area is 130 Å². The van der Waals surface area contributed by atoms with Crippen LogP contribution in [0.15, 0.2) is 30.5 Å². The summed E-state index contributed by atoms with van der Waals surface area (Å²) < 4.78 is 0. The molecule has 0 spiro atoms. The Bertz CT molecular complexity index is 601. The zero-order valence-corrected chi connectivity index (χ0v) is 12.5. The van der Waals surface area contributed by atoms with Crippen LogP contribution in [0.2, 0.25) is 0 Å². The molecule has 0 saturated heterocycles. The molecule has 6 heteroatoms. The van der Waals surface area contributed by atoms with Crippen LogP contribution in [0.5, 0.6) is 0 Å². The van der Waals surface area contributed by atoms with Crippen molar-refractivity contribution in [2.24, 2.45) is 0 Å². The SMILES string of the molecule is OCCNc1nc(NCCc2ccccn2)cc(C2CC2)n1. The number of hydrogen-bond acceptors (Lipinski definition) is 6. The van der Waals surface area contributed by atoms with Gasteiger partial charge in [0.15, 0.2) is 0 Å². The van der Waals surface area contributed by atoms with Gasteiger partial charge in [-0.2, -0.15) is 4.98 Å². The second-order valence-electron chi connectivity index (χ2n) is 5.42. The van der Waals surface area contributed by atoms with Gasteiger partial charge in [0.2, 0.25) is 5.95 Å². The van der Waals surface area contributed by atoms with Crippen LogP contribution in [-0.2, 0) is 6.42 Å². The van der Waals surface area contributed by atoms with Crippen molar-refractivity contribution in [1.82, 2.24) is 15.0 Å². The number of rotatable bonds is 8. The monoisotopic (exact) mass is 299 g/mol. The molecule has 0 radical (unpaired) electrons. The number of aliphatic hydroxyl groups excluding tert-OH is 1. The third-order valence-electron chi connectivity index (χ3n) is 3.55. The standard InChI is InChI=1S/C16H21N5O/c22-10-9-19-16-20-14(12-4-5-12)11-15(21-16)18-8-6-13-3-1-2-7-17-13/h1-3,7,11-12,22H,4-6,8-10H2,(H2,18,19,20,21). The van der Waals surface area contributed by atoms with Gasteiger partial charge in [-0.25, -0.2) is 4.98 Å². The molecule has 2 heterocycles. The van der Waals surface area contributed by atoms with Crippen LogP contribution in [0.3, 0.4) is 0 Å². The highest BCUT2D eigenvalue weighted by Gasteiger charge is 2.26. The van der Waals surface area contributed by atoms with E-state index in [1.165, 1.54) is 12.8 Å². The lowest BCUT2D eigenvalue weighted by molar-refractivity contribution is 0.311. The van der Waals surface area contributed by atoms with Crippen molar-refractivity contribution < 1.29 is 5.11 Å². The minimum Gasteiger partial charge on any atom is -0.395 e. The summed E-state index contributed by atoms with van der Waals surface area (Å²) in [6.45, 7) is 1.30. The summed E-state index contributed by atoms with van der Waals surface area (Å²) in [5.41, 5.74) is 2.14. The molecule has 3 N–H and O–H groups in total. The second kappa shape index (κ2) is 7.17. The lowest BCUT2D eigenvalue weighted by Gasteiger charge is -2.10. The van der Waals surface area contributed by atoms with E-state index < -0.39 is 0 Å². The van der Waals surface area contributed by atoms with Crippen LogP contribution in [0, 0.1) is 0 Å². The van der Waals surface area contributed by atoms with Gasteiger partial charge < -0.3 is 15.7 Å². The highest BCUT2D eigenvalue weighted by atomic mass is 16.3. The molecular weight excluding hydrogens is 278 g/mol. The summed E-state index contributed by atoms with van der Waals surface area (Å²) in [5, 5.41) is 15.3. The maximum absolute atomic E-state index is 8.91. The summed E-state index contributed by atoms with van der Waals surface area (Å²) in [6.07, 6.45) is 5.05. The molecule has 0 aromatic carbocycles. The first-order valence-corrected chi connectivity index (χ1v) is 7.72. The fourth-order valence-electron chi connectivity index (χ4n) is 2.26. The first-order valence-electron chi connectivity index (χ1n) is 7.72. The van der Waals surface area contributed by atoms with E-state index >= 15 is 0 Å². The van der Waals surface area contributed by atoms with E-state index in [4.69, 9.17) is 5.11 Å². The lowest BCUT2D eigenvalue weighted by Crippen LogP contribution is -2.13. The number of hydrogen-bond donors (Lipinski definition) is 3. The molecule has 0 bridgehead atoms. The first-order chi connectivity index (χ1) is 10.8. The smallest absolute Gasteiger partial charge is 0.224 e. The molecular formula is C16H21N5O. The number of pyridine rings is 1. The highest BCUT2D eigenvalue weighted by Crippen LogP contribution is 2.39. The maximum Gasteiger partial charge on any atom is 0.224 e. The molecule has 22 heavy (non-hydrogen) atoms. The third-order valence-corrected chi connectivity index (χ3v) is 3.55. The zero-order valence-electron chi connectivity index (χ0n) is 12.5. The van der Waals surface area contributed by atoms with Gasteiger partial charge >= 0.3 is 0 Å². The van der Waals surface area contributed by atoms with Crippen molar-refractivity contribution in [2.45, 2.75) is 25.2 Å². The van der Waals surface area contributed by atoms with Crippen molar-refractivity contribution in [2.75, 3.05) is 30.3 Å². The average molecular weight is 299 g/mol. The van der Waals surface area contributed by atoms with Crippen molar-refractivity contribution in [3.05, 3.63) is 41.9 Å². The van der Waals surface area contributed by atoms with Crippen molar-refractivity contribution in [3.8, 4) is 0 Å². The van der Waals surface area contributed by atoms with Crippen LogP contribution in [-0.4, -0.2) is 39.8 Å². The van der Waals surface area contributed by atoms with Gasteiger partial charge in [0, 0.05) is 43.4 Å². The van der Waals surface area contributed by atoms with Gasteiger partial charge in [-0.3, -0.25) is 4.98 Å². The Morgan fingerprint density at radius 1 is 1.14 bits per heavy atom. The lowest BCUT2D eigenvalue weighted by atomic mass is 10.2. The Balaban J connectivity index is 1.62. The van der Waals surface area contributed by atoms with Gasteiger partial charge in [-0.05, 0) is 25.0 Å². The predicted octanol–water partition coefficient (Wildman–Crippen LogP) is 1.81. The number of nitrogens with one attached hydrogen (secondary N) is 2. The Hall–Kier alpha value is -2.21. The summed E-state index contributed by atoms with van der Waals surface area (Å²) in [5.74, 6) is 1.97. The maximum atomic E-state index is 8.91. The third kappa shape index (κ3) is 4.14. The summed E-state index contributed by atoms with van der Waals surface area (Å²) in [6, 6.07) is 7.96. The highest BCUT2D eigenvalue weighted by molar-refractivity contribution is 5.44. The molecule has 0 aliphatic heterocycles. The molecule has 0 atom stereocenters. The zero-order chi connectivity index (χ0) is 15.2. The largest absolute Gasteiger partial charge is 0.395 e. The van der Waals surface area contributed by atoms with E-state index in [-0.39, 0.29) is 6.61 Å². The van der Waals surface area contributed by atoms with Crippen molar-refractivity contribution in [3.63, 3.8) is 0 Å². The Kier molecular flexibility index (Phi) is 4.80. The van der Waals surface area contributed by atoms with E-state index in [1.54, 1.807) is 0 Å². The average Bonchev–Trinajstić information content (AvgIpc) is 3.39. The van der Waals surface area contributed by atoms with E-state index in [1.807, 2.05) is 30.5 Å². The topological polar surface area (TPSA) is 83.0 Å². The van der Waals surface area contributed by atoms with Gasteiger partial charge in [0.05, 0.1) is 12.3 Å². The number of anilines is 2. The van der Waals surface area contributed by atoms with Gasteiger partial charge in [-0.1, -0.05) is 6.07 Å². The summed E-state index contributed by atoms with van der Waals surface area (Å²) in [4.78, 5) is 13.3. The van der Waals surface area contributed by atoms with Crippen LogP contribution >= 0.6 is 0 Å². The minimum atomic E-state index is 0.0689. The second-order valence-corrected chi connectivity index (χ2v) is 5.42. The predicted molar refractivity (Wildman–Crippen MR) is 86.0 cm³/mol. The number of aliphatic hydroxyl groups is 1. The molecule has 0 unspecified atom stereocenters. The molecule has 1 aliphatic rings. The molecule has 2 aromatic rings. The Morgan fingerprint density at radius 3 is 2.77 bits per heavy atom. The fourth-order valence-corrected chi connectivity index (χ4v) is 2.26. The van der Waals surface area contributed by atoms with Gasteiger partial charge in [-0.15, -0.1) is 0 Å². The molecule has 2 aromatic heterocycles. The molecule has 3 rings (SSSR count). The molecule has 1 aliphatic carbocycles. The molecule has 0 amide bonds. The van der Waals surface area contributed by atoms with Gasteiger partial charge in [0.25, 0.3) is 0 Å². The van der Waals surface area contributed by atoms with Crippen molar-refractivity contribution in [1.29, 1.82) is 0 Å². The van der Waals surface area contributed by atoms with E-state index in [2.05, 4.69) is 25.6 Å². The van der Waals surface area contributed by atoms with Crippen LogP contribution < -0.4 is 10.6 Å². The number of nitrogens with zero attached hydrogens (tertiary/aromatic N) is 3. The van der Waals surface area contributed by atoms with Crippen molar-refractivity contribution >= 4 is 11.8 Å². The van der Waals surface area contributed by atoms with E-state index in [9.17, 15) is 0 Å². The quantitative estimate of drug-likeness (QED) is 0.689. The van der Waals surface area contributed by atoms with Crippen LogP contribution in [0.1, 0.15) is 30.1 Å². The van der Waals surface area contributed by atoms with Crippen LogP contribution in [0.25, 0.3) is 0 Å². The van der Waals surface area contributed by atoms with Gasteiger partial charge in [0.1, 0.15) is 5.82 Å².